The molecule has 0 spiro atoms. The molecule has 0 N–H and O–H groups in total. The van der Waals surface area contributed by atoms with Crippen molar-refractivity contribution >= 4 is 93.9 Å². The van der Waals surface area contributed by atoms with Gasteiger partial charge in [0, 0.05) is 5.39 Å². The fraction of sp³-hybridized carbons (Fsp3) is 0. The second-order valence-corrected chi connectivity index (χ2v) is 3.61. The number of hydrogen-bond acceptors (Lipinski definition) is 5. The van der Waals surface area contributed by atoms with Crippen LogP contribution in [0.15, 0.2) is 36.4 Å². The van der Waals surface area contributed by atoms with E-state index in [2.05, 4.69) is 9.66 Å². The molecule has 0 aliphatic heterocycles. The quantitative estimate of drug-likeness (QED) is 0.180. The van der Waals surface area contributed by atoms with E-state index in [1.807, 2.05) is 30.3 Å². The monoisotopic (exact) mass is 375 g/mol. The molecule has 19 heavy (non-hydrogen) atoms. The van der Waals surface area contributed by atoms with E-state index in [1.54, 1.807) is 6.07 Å². The van der Waals surface area contributed by atoms with E-state index in [9.17, 15) is 0 Å². The third kappa shape index (κ3) is 12.8. The maximum atomic E-state index is 8.87. The Hall–Kier alpha value is 3.81. The summed E-state index contributed by atoms with van der Waals surface area (Å²) in [5.74, 6) is 0. The Kier molecular flexibility index (Phi) is 22.0. The molecule has 1 unspecified atom stereocenters. The Morgan fingerprint density at radius 2 is 1.74 bits per heavy atom. The van der Waals surface area contributed by atoms with E-state index in [0.717, 1.165) is 10.9 Å². The molecule has 2 rings (SSSR count). The van der Waals surface area contributed by atoms with Crippen LogP contribution in [0.1, 0.15) is 0 Å². The molecule has 0 aliphatic carbocycles. The molecule has 0 saturated carbocycles. The zero-order valence-electron chi connectivity index (χ0n) is 10.9. The van der Waals surface area contributed by atoms with Crippen LogP contribution in [0.25, 0.3) is 10.9 Å². The molecule has 0 saturated heterocycles. The normalized spacial score (nSPS) is 9.32. The Balaban J connectivity index is 0. The maximum absolute atomic E-state index is 8.87. The van der Waals surface area contributed by atoms with E-state index in [1.165, 1.54) is 63.2 Å². The van der Waals surface area contributed by atoms with Crippen molar-refractivity contribution < 1.29 is 70.8 Å². The van der Waals surface area contributed by atoms with Crippen LogP contribution in [0.5, 0.6) is 0 Å². The molecular weight excluding hydrogens is 370 g/mol. The van der Waals surface area contributed by atoms with E-state index in [4.69, 9.17) is 26.3 Å². The van der Waals surface area contributed by atoms with Crippen molar-refractivity contribution in [3.8, 4) is 0 Å². The summed E-state index contributed by atoms with van der Waals surface area (Å²) in [4.78, 5) is 13.0. The molecule has 2 aromatic rings. The van der Waals surface area contributed by atoms with Crippen LogP contribution in [-0.2, 0) is 9.24 Å². The van der Waals surface area contributed by atoms with Crippen LogP contribution in [-0.4, -0.2) is 68.1 Å². The number of hydrogen-bond donors (Lipinski definition) is 0. The molecule has 1 atom stereocenters. The SMILES string of the molecule is Clc1ccc2ccccc2n1.O=[P+]([O-])O[O-].[K+].[K][K]. The summed E-state index contributed by atoms with van der Waals surface area (Å²) in [6, 6.07) is 11.7. The number of benzene rings is 1. The first kappa shape index (κ1) is 25.1. The number of nitrogens with zero attached hydrogens (tertiary/aromatic N) is 1. The van der Waals surface area contributed by atoms with Gasteiger partial charge < -0.3 is 10.2 Å². The van der Waals surface area contributed by atoms with Crippen molar-refractivity contribution in [2.45, 2.75) is 0 Å². The first-order chi connectivity index (χ1) is 8.63. The predicted octanol–water partition coefficient (Wildman–Crippen LogP) is -2.57. The van der Waals surface area contributed by atoms with Gasteiger partial charge in [-0.1, -0.05) is 29.8 Å². The summed E-state index contributed by atoms with van der Waals surface area (Å²) in [5, 5.41) is 10.2. The predicted molar refractivity (Wildman–Crippen MR) is 67.0 cm³/mol. The van der Waals surface area contributed by atoms with Gasteiger partial charge in [-0.15, -0.1) is 0 Å². The Morgan fingerprint density at radius 3 is 2.26 bits per heavy atom. The minimum absolute atomic E-state index is 0. The summed E-state index contributed by atoms with van der Waals surface area (Å²) < 4.78 is 11.3. The zero-order valence-corrected chi connectivity index (χ0v) is 21.9. The van der Waals surface area contributed by atoms with Crippen molar-refractivity contribution in [3.63, 3.8) is 0 Å². The van der Waals surface area contributed by atoms with E-state index in [-0.39, 0.29) is 51.4 Å². The minimum atomic E-state index is -3.15. The molecule has 0 fully saturated rings. The second kappa shape index (κ2) is 16.7. The number of halogens is 1. The van der Waals surface area contributed by atoms with Gasteiger partial charge in [-0.25, -0.2) is 9.66 Å². The third-order valence-corrected chi connectivity index (χ3v) is 1.96. The molecule has 1 heterocycles. The van der Waals surface area contributed by atoms with Gasteiger partial charge in [0.05, 0.1) is 5.52 Å². The molecule has 0 amide bonds. The summed E-state index contributed by atoms with van der Waals surface area (Å²) >= 11 is 8.21. The van der Waals surface area contributed by atoms with Gasteiger partial charge in [0.2, 0.25) is 0 Å². The molecule has 1 aromatic heterocycles. The van der Waals surface area contributed by atoms with Crippen molar-refractivity contribution in [2.24, 2.45) is 0 Å². The number of aromatic nitrogens is 1. The fourth-order valence-corrected chi connectivity index (χ4v) is 1.20. The molecular formula is C9H6ClK3NO4P. The Bertz CT molecular complexity index is 506. The number of pyridine rings is 1. The number of fused-ring (bicyclic) bond motifs is 1. The van der Waals surface area contributed by atoms with Crippen LogP contribution < -0.4 is 61.5 Å². The summed E-state index contributed by atoms with van der Waals surface area (Å²) in [7, 11) is -3.15. The molecule has 5 nitrogen and oxygen atoms in total. The fourth-order valence-electron chi connectivity index (χ4n) is 1.04. The van der Waals surface area contributed by atoms with Gasteiger partial charge in [0.15, 0.2) is 0 Å². The first-order valence-electron chi connectivity index (χ1n) is 5.09. The van der Waals surface area contributed by atoms with E-state index >= 15 is 0 Å². The van der Waals surface area contributed by atoms with Gasteiger partial charge in [-0.2, -0.15) is 0 Å². The second-order valence-electron chi connectivity index (χ2n) is 2.62. The summed E-state index contributed by atoms with van der Waals surface area (Å²) in [5.41, 5.74) is 0.944. The zero-order chi connectivity index (χ0) is 14.0. The van der Waals surface area contributed by atoms with Crippen LogP contribution >= 0.6 is 19.9 Å². The van der Waals surface area contributed by atoms with Crippen LogP contribution in [0.3, 0.4) is 0 Å². The number of para-hydroxylation sites is 1. The standard InChI is InChI=1S/C9H6ClN.3K.HO4P/c10-9-6-5-7-3-1-2-4-8(7)11-9;;;;1-4-5(2)3/h1-6H;;;;1H/q;;;+1;/p-1. The van der Waals surface area contributed by atoms with Crippen molar-refractivity contribution in [3.05, 3.63) is 41.6 Å². The number of rotatable bonds is 1. The average molecular weight is 376 g/mol. The average Bonchev–Trinajstić information content (AvgIpc) is 2.41. The van der Waals surface area contributed by atoms with Gasteiger partial charge in [0.25, 0.3) is 0 Å². The third-order valence-electron chi connectivity index (χ3n) is 1.63. The molecule has 0 aliphatic rings. The molecule has 1 aromatic carbocycles. The Morgan fingerprint density at radius 1 is 1.21 bits per heavy atom. The molecule has 86 valence electrons. The van der Waals surface area contributed by atoms with Gasteiger partial charge in [-0.05, 0) is 22.8 Å². The van der Waals surface area contributed by atoms with Crippen LogP contribution in [0.2, 0.25) is 5.15 Å². The summed E-state index contributed by atoms with van der Waals surface area (Å²) in [6.07, 6.45) is 0. The van der Waals surface area contributed by atoms with Gasteiger partial charge in [-0.3, -0.25) is 0 Å². The van der Waals surface area contributed by atoms with Crippen LogP contribution in [0, 0.1) is 0 Å². The summed E-state index contributed by atoms with van der Waals surface area (Å²) in [6.45, 7) is 0. The van der Waals surface area contributed by atoms with Gasteiger partial charge >= 0.3 is 123 Å². The van der Waals surface area contributed by atoms with Gasteiger partial charge in [0.1, 0.15) is 5.15 Å². The first-order valence-corrected chi connectivity index (χ1v) is 22.6. The van der Waals surface area contributed by atoms with Crippen molar-refractivity contribution in [1.29, 1.82) is 0 Å². The molecule has 0 radical (unpaired) electrons. The molecule has 10 heteroatoms. The van der Waals surface area contributed by atoms with Crippen molar-refractivity contribution in [2.75, 3.05) is 0 Å². The van der Waals surface area contributed by atoms with Crippen LogP contribution in [0.4, 0.5) is 0 Å². The van der Waals surface area contributed by atoms with E-state index in [0.29, 0.717) is 5.15 Å². The Labute approximate surface area is 204 Å². The van der Waals surface area contributed by atoms with E-state index < -0.39 is 8.25 Å². The van der Waals surface area contributed by atoms with Crippen molar-refractivity contribution in [1.82, 2.24) is 4.98 Å². The molecule has 0 bridgehead atoms. The topological polar surface area (TPSA) is 85.3 Å².